The molecule has 0 aliphatic heterocycles. The van der Waals surface area contributed by atoms with Gasteiger partial charge in [0.15, 0.2) is 0 Å². The molecule has 0 spiro atoms. The van der Waals surface area contributed by atoms with Crippen molar-refractivity contribution in [3.05, 3.63) is 246 Å². The number of fused-ring (bicyclic) bond motifs is 4. The summed E-state index contributed by atoms with van der Waals surface area (Å²) in [5, 5.41) is 12.4. The molecule has 0 nitrogen and oxygen atoms in total. The molecule has 0 amide bonds. The Bertz CT molecular complexity index is 3320. The van der Waals surface area contributed by atoms with Crippen LogP contribution >= 0.6 is 49.6 Å². The van der Waals surface area contributed by atoms with Crippen LogP contribution in [0.3, 0.4) is 0 Å². The van der Waals surface area contributed by atoms with Crippen molar-refractivity contribution < 1.29 is 46.7 Å². The van der Waals surface area contributed by atoms with Gasteiger partial charge in [-0.15, -0.1) is 200 Å². The van der Waals surface area contributed by atoms with Crippen LogP contribution in [0.25, 0.3) is 65.3 Å². The number of halogens is 4. The Morgan fingerprint density at radius 1 is 0.351 bits per heavy atom. The van der Waals surface area contributed by atoms with Crippen molar-refractivity contribution in [2.75, 3.05) is 0 Å². The Morgan fingerprint density at radius 3 is 0.974 bits per heavy atom. The van der Waals surface area contributed by atoms with E-state index in [0.717, 1.165) is 0 Å². The topological polar surface area (TPSA) is 0 Å². The Hall–Kier alpha value is -3.66. The summed E-state index contributed by atoms with van der Waals surface area (Å²) in [4.78, 5) is 0. The Labute approximate surface area is 517 Å². The molecule has 0 atom stereocenters. The van der Waals surface area contributed by atoms with Crippen LogP contribution in [0.15, 0.2) is 212 Å². The summed E-state index contributed by atoms with van der Waals surface area (Å²) in [5.74, 6) is 0. The van der Waals surface area contributed by atoms with E-state index in [0.29, 0.717) is 0 Å². The molecule has 11 aromatic carbocycles. The first kappa shape index (κ1) is 69.4. The molecule has 0 heterocycles. The van der Waals surface area contributed by atoms with E-state index < -0.39 is 0 Å². The molecule has 398 valence electrons. The first-order chi connectivity index (χ1) is 34.7. The molecule has 11 rings (SSSR count). The van der Waals surface area contributed by atoms with E-state index in [-0.39, 0.29) is 71.3 Å². The van der Waals surface area contributed by atoms with Crippen molar-refractivity contribution in [3.63, 3.8) is 0 Å². The summed E-state index contributed by atoms with van der Waals surface area (Å²) in [5.41, 5.74) is 14.0. The summed E-state index contributed by atoms with van der Waals surface area (Å²) in [6.07, 6.45) is 0. The number of hydrogen-bond acceptors (Lipinski definition) is 0. The SMILES string of the molecule is C[Si](=[Zr+2])c1ccccc1.C[Si](C)=[Zr+2].Cc1cc2c(-c3ccccc3)cccc2[cH-]1.Cc1cc2c(-c3ccccc3)cccc2[cH-]1.Cc1cc2cc(C(C)(C)C)ccc2[cH-]1.Cc1cc2cc(C(C)(C)C)ccc2[cH-]1.Cl.Cl.Cl.Cl. The predicted octanol–water partition coefficient (Wildman–Crippen LogP) is 20.9. The van der Waals surface area contributed by atoms with Crippen molar-refractivity contribution in [1.82, 2.24) is 0 Å². The molecule has 0 saturated heterocycles. The minimum Gasteiger partial charge on any atom is -0.165 e. The fourth-order valence-electron chi connectivity index (χ4n) is 8.86. The molecule has 0 N–H and O–H groups in total. The van der Waals surface area contributed by atoms with Gasteiger partial charge in [-0.25, -0.2) is 0 Å². The fraction of sp³-hybridized carbons (Fsp3) is 0.217. The summed E-state index contributed by atoms with van der Waals surface area (Å²) >= 11 is 3.43. The van der Waals surface area contributed by atoms with Gasteiger partial charge >= 0.3 is 113 Å². The second-order valence-corrected chi connectivity index (χ2v) is 38.4. The molecule has 0 fully saturated rings. The number of benzene rings is 7. The molecule has 0 bridgehead atoms. The van der Waals surface area contributed by atoms with Crippen molar-refractivity contribution in [1.29, 1.82) is 0 Å². The van der Waals surface area contributed by atoms with Crippen molar-refractivity contribution >= 4 is 109 Å². The van der Waals surface area contributed by atoms with Crippen LogP contribution in [-0.4, -0.2) is 10.9 Å². The van der Waals surface area contributed by atoms with Crippen LogP contribution < -0.4 is 5.19 Å². The second-order valence-electron chi connectivity index (χ2n) is 21.7. The molecule has 0 aromatic heterocycles. The van der Waals surface area contributed by atoms with Gasteiger partial charge in [0.1, 0.15) is 0 Å². The summed E-state index contributed by atoms with van der Waals surface area (Å²) in [6.45, 7) is 29.1. The normalized spacial score (nSPS) is 10.4. The zero-order valence-electron chi connectivity index (χ0n) is 47.3. The van der Waals surface area contributed by atoms with E-state index in [9.17, 15) is 0 Å². The predicted molar refractivity (Wildman–Crippen MR) is 350 cm³/mol. The first-order valence-corrected chi connectivity index (χ1v) is 37.4. The molecule has 11 aromatic rings. The van der Waals surface area contributed by atoms with Gasteiger partial charge in [-0.1, -0.05) is 164 Å². The third kappa shape index (κ3) is 21.1. The molecule has 0 aliphatic rings. The van der Waals surface area contributed by atoms with Crippen LogP contribution in [0.4, 0.5) is 0 Å². The maximum atomic E-state index is 2.35. The first-order valence-electron chi connectivity index (χ1n) is 25.6. The zero-order chi connectivity index (χ0) is 52.9. The smallest absolute Gasteiger partial charge is 0.0148 e. The van der Waals surface area contributed by atoms with Gasteiger partial charge in [-0.3, -0.25) is 0 Å². The van der Waals surface area contributed by atoms with Gasteiger partial charge in [0, 0.05) is 0 Å². The number of hydrogen-bond donors (Lipinski definition) is 0. The largest absolute Gasteiger partial charge is 0.165 e. The van der Waals surface area contributed by atoms with Crippen LogP contribution in [0.2, 0.25) is 19.6 Å². The van der Waals surface area contributed by atoms with Crippen LogP contribution in [0.1, 0.15) is 74.9 Å². The van der Waals surface area contributed by atoms with Gasteiger partial charge in [0.2, 0.25) is 0 Å². The standard InChI is InChI=1S/2C16H13.2C14H17.C7H8Si.C2H6Si.4ClH.2Zr/c2*1-12-10-14-8-5-9-15(16(14)11-12)13-6-3-2-4-7-13;2*1-10-7-11-5-6-13(14(2,3)4)9-12(11)8-10;1-8-7-5-3-2-4-6-7;1-3-2;;;;;;/h2*2-11H,1H3;2*5-9H,1-4H3;2-6H,1H3;1-2H3;4*1H;;/q4*-1;;;;;;;2*+2. The Kier molecular flexibility index (Phi) is 29.4. The van der Waals surface area contributed by atoms with Crippen molar-refractivity contribution in [3.8, 4) is 22.3 Å². The monoisotopic (exact) mass is 1280 g/mol. The van der Waals surface area contributed by atoms with E-state index in [1.807, 2.05) is 0 Å². The molecular weight excluding hydrogens is 1210 g/mol. The maximum Gasteiger partial charge on any atom is -0.0148 e. The van der Waals surface area contributed by atoms with Crippen LogP contribution in [0.5, 0.6) is 0 Å². The molecule has 0 aliphatic carbocycles. The van der Waals surface area contributed by atoms with E-state index in [1.54, 1.807) is 51.9 Å². The minimum atomic E-state index is -0.122. The van der Waals surface area contributed by atoms with E-state index in [1.165, 1.54) is 98.7 Å². The van der Waals surface area contributed by atoms with Crippen molar-refractivity contribution in [2.45, 2.75) is 99.7 Å². The molecular formula is C69H78Cl4Si2Zr2. The zero-order valence-corrected chi connectivity index (χ0v) is 57.5. The van der Waals surface area contributed by atoms with Gasteiger partial charge in [-0.05, 0) is 22.0 Å². The van der Waals surface area contributed by atoms with Gasteiger partial charge in [-0.2, -0.15) is 24.3 Å². The van der Waals surface area contributed by atoms with E-state index in [4.69, 9.17) is 0 Å². The quantitative estimate of drug-likeness (QED) is 0.122. The van der Waals surface area contributed by atoms with E-state index in [2.05, 4.69) is 301 Å². The van der Waals surface area contributed by atoms with Gasteiger partial charge < -0.3 is 0 Å². The van der Waals surface area contributed by atoms with Gasteiger partial charge in [0.25, 0.3) is 0 Å². The van der Waals surface area contributed by atoms with Gasteiger partial charge in [0.05, 0.1) is 0 Å². The average Bonchev–Trinajstić information content (AvgIpc) is 4.14. The average molecular weight is 1290 g/mol. The molecule has 77 heavy (non-hydrogen) atoms. The van der Waals surface area contributed by atoms with Crippen LogP contribution in [0, 0.1) is 27.7 Å². The third-order valence-corrected chi connectivity index (χ3v) is 15.9. The summed E-state index contributed by atoms with van der Waals surface area (Å²) in [6, 6.07) is 76.4. The minimum absolute atomic E-state index is 0. The molecule has 8 heteroatoms. The summed E-state index contributed by atoms with van der Waals surface area (Å²) in [7, 11) is 0. The number of aryl methyl sites for hydroxylation is 4. The summed E-state index contributed by atoms with van der Waals surface area (Å²) < 4.78 is 0. The maximum absolute atomic E-state index is 2.35. The fourth-order valence-corrected chi connectivity index (χ4v) is 10.8. The van der Waals surface area contributed by atoms with E-state index >= 15 is 0 Å². The Morgan fingerprint density at radius 2 is 0.662 bits per heavy atom. The Balaban J connectivity index is 0.000000322. The molecule has 0 saturated carbocycles. The molecule has 0 radical (unpaired) electrons. The third-order valence-electron chi connectivity index (χ3n) is 12.6. The molecule has 0 unspecified atom stereocenters. The van der Waals surface area contributed by atoms with Crippen LogP contribution in [-0.2, 0) is 57.5 Å². The van der Waals surface area contributed by atoms with Crippen molar-refractivity contribution in [2.24, 2.45) is 0 Å². The number of rotatable bonds is 3. The second kappa shape index (κ2) is 32.6.